The van der Waals surface area contributed by atoms with Gasteiger partial charge in [0.2, 0.25) is 5.91 Å². The minimum atomic E-state index is -0.806. The standard InChI is InChI=1S/C16H23N3O2/c1-12-10-16(11-12,14(17)18-21)15(20)19(2)9-8-13-6-4-3-5-7-13/h3-7,12,21H,8-11H2,1-2H3,(H2,17,18). The molecule has 1 aromatic rings. The molecular formula is C16H23N3O2. The van der Waals surface area contributed by atoms with E-state index in [1.54, 1.807) is 11.9 Å². The molecule has 1 amide bonds. The second-order valence-corrected chi connectivity index (χ2v) is 6.04. The summed E-state index contributed by atoms with van der Waals surface area (Å²) in [4.78, 5) is 14.4. The lowest BCUT2D eigenvalue weighted by Crippen LogP contribution is -2.57. The number of carbonyl (C=O) groups excluding carboxylic acids is 1. The number of rotatable bonds is 5. The lowest BCUT2D eigenvalue weighted by molar-refractivity contribution is -0.143. The lowest BCUT2D eigenvalue weighted by atomic mass is 9.61. The van der Waals surface area contributed by atoms with Crippen LogP contribution in [0.2, 0.25) is 0 Å². The molecule has 0 spiro atoms. The van der Waals surface area contributed by atoms with Crippen LogP contribution in [0.1, 0.15) is 25.3 Å². The van der Waals surface area contributed by atoms with Gasteiger partial charge in [-0.2, -0.15) is 0 Å². The van der Waals surface area contributed by atoms with Crippen LogP contribution in [-0.4, -0.2) is 35.4 Å². The molecule has 0 saturated heterocycles. The molecule has 0 aliphatic heterocycles. The highest BCUT2D eigenvalue weighted by Crippen LogP contribution is 2.46. The molecule has 114 valence electrons. The number of hydrogen-bond acceptors (Lipinski definition) is 3. The number of amidine groups is 1. The number of oxime groups is 1. The Balaban J connectivity index is 2.01. The fourth-order valence-corrected chi connectivity index (χ4v) is 3.13. The van der Waals surface area contributed by atoms with E-state index in [1.807, 2.05) is 30.3 Å². The molecule has 21 heavy (non-hydrogen) atoms. The Hall–Kier alpha value is -2.04. The summed E-state index contributed by atoms with van der Waals surface area (Å²) >= 11 is 0. The summed E-state index contributed by atoms with van der Waals surface area (Å²) in [6.45, 7) is 2.69. The molecule has 5 heteroatoms. The molecule has 0 bridgehead atoms. The number of carbonyl (C=O) groups is 1. The maximum atomic E-state index is 12.7. The second-order valence-electron chi connectivity index (χ2n) is 6.04. The second kappa shape index (κ2) is 6.16. The summed E-state index contributed by atoms with van der Waals surface area (Å²) in [5.41, 5.74) is 6.16. The molecule has 1 saturated carbocycles. The summed E-state index contributed by atoms with van der Waals surface area (Å²) in [6.07, 6.45) is 2.10. The third-order valence-corrected chi connectivity index (χ3v) is 4.33. The zero-order valence-corrected chi connectivity index (χ0v) is 12.6. The number of amides is 1. The van der Waals surface area contributed by atoms with Crippen LogP contribution in [-0.2, 0) is 11.2 Å². The van der Waals surface area contributed by atoms with Gasteiger partial charge in [0.05, 0.1) is 0 Å². The first kappa shape index (κ1) is 15.4. The van der Waals surface area contributed by atoms with E-state index >= 15 is 0 Å². The predicted octanol–water partition coefficient (Wildman–Crippen LogP) is 1.85. The minimum Gasteiger partial charge on any atom is -0.409 e. The van der Waals surface area contributed by atoms with E-state index < -0.39 is 5.41 Å². The number of hydrogen-bond donors (Lipinski definition) is 2. The minimum absolute atomic E-state index is 0.0390. The number of nitrogens with zero attached hydrogens (tertiary/aromatic N) is 2. The van der Waals surface area contributed by atoms with Gasteiger partial charge in [-0.3, -0.25) is 4.79 Å². The predicted molar refractivity (Wildman–Crippen MR) is 82.0 cm³/mol. The van der Waals surface area contributed by atoms with Crippen LogP contribution in [0.25, 0.3) is 0 Å². The summed E-state index contributed by atoms with van der Waals surface area (Å²) < 4.78 is 0. The SMILES string of the molecule is CC1CC(C(=O)N(C)CCc2ccccc2)(/C(N)=N/O)C1. The molecule has 0 atom stereocenters. The first-order valence-electron chi connectivity index (χ1n) is 7.27. The van der Waals surface area contributed by atoms with E-state index in [4.69, 9.17) is 10.9 Å². The van der Waals surface area contributed by atoms with Gasteiger partial charge >= 0.3 is 0 Å². The molecule has 1 aromatic carbocycles. The fraction of sp³-hybridized carbons (Fsp3) is 0.500. The Morgan fingerprint density at radius 1 is 1.43 bits per heavy atom. The van der Waals surface area contributed by atoms with Crippen LogP contribution in [0.4, 0.5) is 0 Å². The number of nitrogens with two attached hydrogens (primary N) is 1. The van der Waals surface area contributed by atoms with Crippen molar-refractivity contribution in [2.45, 2.75) is 26.2 Å². The fourth-order valence-electron chi connectivity index (χ4n) is 3.13. The Kier molecular flexibility index (Phi) is 4.50. The van der Waals surface area contributed by atoms with Crippen molar-refractivity contribution in [3.05, 3.63) is 35.9 Å². The summed E-state index contributed by atoms with van der Waals surface area (Å²) in [5, 5.41) is 12.0. The van der Waals surface area contributed by atoms with Crippen LogP contribution < -0.4 is 5.73 Å². The Morgan fingerprint density at radius 3 is 2.57 bits per heavy atom. The van der Waals surface area contributed by atoms with Gasteiger partial charge in [0.1, 0.15) is 5.41 Å². The lowest BCUT2D eigenvalue weighted by Gasteiger charge is -2.45. The smallest absolute Gasteiger partial charge is 0.236 e. The van der Waals surface area contributed by atoms with Crippen LogP contribution in [0.15, 0.2) is 35.5 Å². The summed E-state index contributed by atoms with van der Waals surface area (Å²) in [7, 11) is 1.78. The number of benzene rings is 1. The highest BCUT2D eigenvalue weighted by Gasteiger charge is 2.53. The van der Waals surface area contributed by atoms with Crippen LogP contribution in [0.5, 0.6) is 0 Å². The van der Waals surface area contributed by atoms with Crippen molar-refractivity contribution in [2.75, 3.05) is 13.6 Å². The highest BCUT2D eigenvalue weighted by atomic mass is 16.4. The molecule has 1 aliphatic carbocycles. The molecule has 0 aromatic heterocycles. The maximum absolute atomic E-state index is 12.7. The zero-order valence-electron chi connectivity index (χ0n) is 12.6. The third-order valence-electron chi connectivity index (χ3n) is 4.33. The van der Waals surface area contributed by atoms with Gasteiger partial charge in [0.25, 0.3) is 0 Å². The third kappa shape index (κ3) is 3.01. The van der Waals surface area contributed by atoms with Crippen LogP contribution in [0.3, 0.4) is 0 Å². The molecule has 1 fully saturated rings. The van der Waals surface area contributed by atoms with Gasteiger partial charge < -0.3 is 15.8 Å². The summed E-state index contributed by atoms with van der Waals surface area (Å²) in [6, 6.07) is 10.0. The van der Waals surface area contributed by atoms with E-state index in [-0.39, 0.29) is 11.7 Å². The van der Waals surface area contributed by atoms with Crippen molar-refractivity contribution < 1.29 is 10.0 Å². The monoisotopic (exact) mass is 289 g/mol. The summed E-state index contributed by atoms with van der Waals surface area (Å²) in [5.74, 6) is 0.417. The van der Waals surface area contributed by atoms with Crippen molar-refractivity contribution in [1.29, 1.82) is 0 Å². The molecule has 0 radical (unpaired) electrons. The molecule has 2 rings (SSSR count). The quantitative estimate of drug-likeness (QED) is 0.376. The highest BCUT2D eigenvalue weighted by molar-refractivity contribution is 6.07. The van der Waals surface area contributed by atoms with E-state index in [1.165, 1.54) is 5.56 Å². The van der Waals surface area contributed by atoms with Gasteiger partial charge in [-0.05, 0) is 30.7 Å². The Morgan fingerprint density at radius 2 is 2.05 bits per heavy atom. The van der Waals surface area contributed by atoms with Gasteiger partial charge in [-0.15, -0.1) is 0 Å². The van der Waals surface area contributed by atoms with Gasteiger partial charge in [-0.25, -0.2) is 0 Å². The molecule has 0 unspecified atom stereocenters. The molecular weight excluding hydrogens is 266 g/mol. The van der Waals surface area contributed by atoms with Crippen LogP contribution in [0, 0.1) is 11.3 Å². The van der Waals surface area contributed by atoms with Crippen molar-refractivity contribution in [3.63, 3.8) is 0 Å². The first-order valence-corrected chi connectivity index (χ1v) is 7.27. The normalized spacial score (nSPS) is 25.2. The average molecular weight is 289 g/mol. The van der Waals surface area contributed by atoms with E-state index in [9.17, 15) is 4.79 Å². The van der Waals surface area contributed by atoms with Crippen molar-refractivity contribution >= 4 is 11.7 Å². The Bertz CT molecular complexity index is 522. The largest absolute Gasteiger partial charge is 0.409 e. The van der Waals surface area contributed by atoms with Gasteiger partial charge in [-0.1, -0.05) is 42.4 Å². The zero-order chi connectivity index (χ0) is 15.5. The van der Waals surface area contributed by atoms with Gasteiger partial charge in [0.15, 0.2) is 5.84 Å². The molecule has 0 heterocycles. The van der Waals surface area contributed by atoms with Crippen LogP contribution >= 0.6 is 0 Å². The molecule has 1 aliphatic rings. The first-order chi connectivity index (χ1) is 9.99. The molecule has 5 nitrogen and oxygen atoms in total. The average Bonchev–Trinajstić information content (AvgIpc) is 2.48. The van der Waals surface area contributed by atoms with Crippen molar-refractivity contribution in [3.8, 4) is 0 Å². The van der Waals surface area contributed by atoms with Crippen molar-refractivity contribution in [2.24, 2.45) is 22.2 Å². The number of likely N-dealkylation sites (N-methyl/N-ethyl adjacent to an activating group) is 1. The van der Waals surface area contributed by atoms with Crippen molar-refractivity contribution in [1.82, 2.24) is 4.90 Å². The van der Waals surface area contributed by atoms with E-state index in [0.717, 1.165) is 6.42 Å². The van der Waals surface area contributed by atoms with E-state index in [0.29, 0.717) is 25.3 Å². The van der Waals surface area contributed by atoms with E-state index in [2.05, 4.69) is 12.1 Å². The topological polar surface area (TPSA) is 78.9 Å². The molecule has 3 N–H and O–H groups in total. The maximum Gasteiger partial charge on any atom is 0.236 e. The van der Waals surface area contributed by atoms with Gasteiger partial charge in [0, 0.05) is 13.6 Å². The Labute approximate surface area is 125 Å².